The van der Waals surface area contributed by atoms with Crippen molar-refractivity contribution in [3.05, 3.63) is 28.7 Å². The zero-order chi connectivity index (χ0) is 25.3. The number of thioether (sulfide) groups is 1. The molecule has 2 rings (SSSR count). The van der Waals surface area contributed by atoms with Crippen molar-refractivity contribution >= 4 is 46.3 Å². The summed E-state index contributed by atoms with van der Waals surface area (Å²) in [6.07, 6.45) is 9.53. The molecule has 0 aliphatic carbocycles. The molecule has 0 radical (unpaired) electrons. The van der Waals surface area contributed by atoms with Crippen LogP contribution in [-0.2, 0) is 9.59 Å². The maximum absolute atomic E-state index is 13.0. The van der Waals surface area contributed by atoms with Crippen LogP contribution in [-0.4, -0.2) is 45.5 Å². The van der Waals surface area contributed by atoms with Gasteiger partial charge in [-0.2, -0.15) is 0 Å². The van der Waals surface area contributed by atoms with E-state index in [0.29, 0.717) is 22.8 Å². The number of nitrogens with zero attached hydrogens (tertiary/aromatic N) is 1. The predicted octanol–water partition coefficient (Wildman–Crippen LogP) is 6.52. The zero-order valence-corrected chi connectivity index (χ0v) is 22.5. The number of hydrogen-bond acceptors (Lipinski definition) is 6. The molecule has 1 amide bonds. The van der Waals surface area contributed by atoms with Crippen LogP contribution < -0.4 is 9.47 Å². The highest BCUT2D eigenvalue weighted by Crippen LogP contribution is 2.37. The molecule has 1 aromatic carbocycles. The topological polar surface area (TPSA) is 76.1 Å². The van der Waals surface area contributed by atoms with Crippen LogP contribution in [0.3, 0.4) is 0 Å². The van der Waals surface area contributed by atoms with Gasteiger partial charge in [-0.3, -0.25) is 9.69 Å². The lowest BCUT2D eigenvalue weighted by Crippen LogP contribution is -2.47. The molecule has 1 fully saturated rings. The molecular formula is C26H37NO5S2. The maximum Gasteiger partial charge on any atom is 0.327 e. The summed E-state index contributed by atoms with van der Waals surface area (Å²) in [6, 6.07) is 4.55. The molecule has 1 N–H and O–H groups in total. The monoisotopic (exact) mass is 507 g/mol. The van der Waals surface area contributed by atoms with Crippen molar-refractivity contribution in [3.63, 3.8) is 0 Å². The van der Waals surface area contributed by atoms with Crippen molar-refractivity contribution in [2.24, 2.45) is 5.92 Å². The Morgan fingerprint density at radius 2 is 1.88 bits per heavy atom. The minimum Gasteiger partial charge on any atom is -0.493 e. The number of carbonyl (C=O) groups excluding carboxylic acids is 1. The van der Waals surface area contributed by atoms with Crippen molar-refractivity contribution in [1.29, 1.82) is 0 Å². The lowest BCUT2D eigenvalue weighted by atomic mass is 9.98. The molecule has 0 unspecified atom stereocenters. The number of carboxylic acid groups (broad SMARTS) is 1. The van der Waals surface area contributed by atoms with Gasteiger partial charge in [-0.25, -0.2) is 4.79 Å². The molecule has 1 aromatic rings. The number of aliphatic carboxylic acids is 1. The minimum atomic E-state index is -1.05. The van der Waals surface area contributed by atoms with Gasteiger partial charge in [0.1, 0.15) is 10.4 Å². The van der Waals surface area contributed by atoms with Crippen LogP contribution in [0, 0.1) is 5.92 Å². The van der Waals surface area contributed by atoms with Crippen LogP contribution in [0.15, 0.2) is 23.1 Å². The van der Waals surface area contributed by atoms with Gasteiger partial charge in [0, 0.05) is 0 Å². The lowest BCUT2D eigenvalue weighted by Gasteiger charge is -2.27. The Kier molecular flexibility index (Phi) is 11.4. The summed E-state index contributed by atoms with van der Waals surface area (Å²) < 4.78 is 11.9. The standard InChI is InChI=1S/C26H37NO5S2/c1-6-8-9-10-11-12-18(4)32-20-14-13-19(15-21(20)31-5)16-22-24(28)27(26(33)34-22)23(25(29)30)17(3)7-2/h13-18,23H,6-12H2,1-5H3,(H,29,30)/b22-16+/t17-,18-,23+/m0/s1. The number of ether oxygens (including phenoxy) is 2. The van der Waals surface area contributed by atoms with E-state index < -0.39 is 12.0 Å². The van der Waals surface area contributed by atoms with Crippen molar-refractivity contribution in [3.8, 4) is 11.5 Å². The summed E-state index contributed by atoms with van der Waals surface area (Å²) >= 11 is 6.49. The maximum atomic E-state index is 13.0. The second kappa shape index (κ2) is 13.7. The van der Waals surface area contributed by atoms with Crippen LogP contribution in [0.5, 0.6) is 11.5 Å². The molecule has 0 spiro atoms. The summed E-state index contributed by atoms with van der Waals surface area (Å²) in [6.45, 7) is 7.99. The van der Waals surface area contributed by atoms with Crippen molar-refractivity contribution in [2.75, 3.05) is 7.11 Å². The Labute approximate surface area is 213 Å². The molecule has 1 aliphatic rings. The summed E-state index contributed by atoms with van der Waals surface area (Å²) in [5.41, 5.74) is 0.757. The molecule has 188 valence electrons. The quantitative estimate of drug-likeness (QED) is 0.174. The second-order valence-corrected chi connectivity index (χ2v) is 10.4. The van der Waals surface area contributed by atoms with Crippen LogP contribution in [0.2, 0.25) is 0 Å². The van der Waals surface area contributed by atoms with E-state index in [2.05, 4.69) is 13.8 Å². The number of amides is 1. The molecule has 1 saturated heterocycles. The highest BCUT2D eigenvalue weighted by molar-refractivity contribution is 8.26. The van der Waals surface area contributed by atoms with Crippen LogP contribution in [0.4, 0.5) is 0 Å². The van der Waals surface area contributed by atoms with E-state index in [-0.39, 0.29) is 22.2 Å². The fourth-order valence-corrected chi connectivity index (χ4v) is 5.21. The highest BCUT2D eigenvalue weighted by atomic mass is 32.2. The number of carbonyl (C=O) groups is 2. The normalized spacial score (nSPS) is 17.7. The van der Waals surface area contributed by atoms with Crippen LogP contribution >= 0.6 is 24.0 Å². The van der Waals surface area contributed by atoms with Gasteiger partial charge in [0.2, 0.25) is 0 Å². The zero-order valence-electron chi connectivity index (χ0n) is 20.8. The Balaban J connectivity index is 2.13. The molecule has 1 heterocycles. The van der Waals surface area contributed by atoms with E-state index in [4.69, 9.17) is 21.7 Å². The van der Waals surface area contributed by atoms with Gasteiger partial charge >= 0.3 is 5.97 Å². The van der Waals surface area contributed by atoms with Crippen LogP contribution in [0.1, 0.15) is 78.2 Å². The Morgan fingerprint density at radius 1 is 1.18 bits per heavy atom. The van der Waals surface area contributed by atoms with Gasteiger partial charge in [0.05, 0.1) is 18.1 Å². The van der Waals surface area contributed by atoms with Gasteiger partial charge < -0.3 is 14.6 Å². The number of thiocarbonyl (C=S) groups is 1. The van der Waals surface area contributed by atoms with Gasteiger partial charge in [-0.05, 0) is 49.5 Å². The number of methoxy groups -OCH3 is 1. The molecule has 0 saturated carbocycles. The largest absolute Gasteiger partial charge is 0.493 e. The molecule has 1 aliphatic heterocycles. The Bertz CT molecular complexity index is 901. The summed E-state index contributed by atoms with van der Waals surface area (Å²) in [5, 5.41) is 9.70. The lowest BCUT2D eigenvalue weighted by molar-refractivity contribution is -0.147. The molecule has 34 heavy (non-hydrogen) atoms. The molecule has 3 atom stereocenters. The van der Waals surface area contributed by atoms with E-state index in [1.165, 1.54) is 30.6 Å². The van der Waals surface area contributed by atoms with E-state index in [1.807, 2.05) is 32.0 Å². The van der Waals surface area contributed by atoms with Crippen molar-refractivity contribution in [2.45, 2.75) is 84.8 Å². The first-order valence-electron chi connectivity index (χ1n) is 12.1. The first-order chi connectivity index (χ1) is 16.2. The van der Waals surface area contributed by atoms with Gasteiger partial charge in [0.25, 0.3) is 5.91 Å². The van der Waals surface area contributed by atoms with Crippen molar-refractivity contribution in [1.82, 2.24) is 4.90 Å². The average molecular weight is 508 g/mol. The van der Waals surface area contributed by atoms with E-state index in [0.717, 1.165) is 30.2 Å². The van der Waals surface area contributed by atoms with Crippen LogP contribution in [0.25, 0.3) is 6.08 Å². The number of hydrogen-bond donors (Lipinski definition) is 1. The number of rotatable bonds is 14. The van der Waals surface area contributed by atoms with Gasteiger partial charge in [-0.1, -0.05) is 82.9 Å². The Hall–Kier alpha value is -2.06. The molecule has 8 heteroatoms. The molecule has 6 nitrogen and oxygen atoms in total. The third kappa shape index (κ3) is 7.47. The number of unbranched alkanes of at least 4 members (excludes halogenated alkanes) is 4. The second-order valence-electron chi connectivity index (χ2n) is 8.76. The minimum absolute atomic E-state index is 0.0751. The van der Waals surface area contributed by atoms with Gasteiger partial charge in [0.15, 0.2) is 11.5 Å². The summed E-state index contributed by atoms with van der Waals surface area (Å²) in [7, 11) is 1.59. The third-order valence-corrected chi connectivity index (χ3v) is 7.40. The Morgan fingerprint density at radius 3 is 2.50 bits per heavy atom. The first kappa shape index (κ1) is 28.2. The van der Waals surface area contributed by atoms with Gasteiger partial charge in [-0.15, -0.1) is 0 Å². The molecule has 0 aromatic heterocycles. The summed E-state index contributed by atoms with van der Waals surface area (Å²) in [4.78, 5) is 26.5. The predicted molar refractivity (Wildman–Crippen MR) is 142 cm³/mol. The SMILES string of the molecule is CCCCCCC[C@H](C)Oc1ccc(/C=C2/SC(=S)N([C@@H](C(=O)O)[C@@H](C)CC)C2=O)cc1OC. The number of carboxylic acids is 1. The van der Waals surface area contributed by atoms with E-state index in [1.54, 1.807) is 13.2 Å². The molecule has 0 bridgehead atoms. The first-order valence-corrected chi connectivity index (χ1v) is 13.3. The number of benzene rings is 1. The summed E-state index contributed by atoms with van der Waals surface area (Å²) in [5.74, 6) is -0.390. The fraction of sp³-hybridized carbons (Fsp3) is 0.577. The smallest absolute Gasteiger partial charge is 0.327 e. The molecular weight excluding hydrogens is 470 g/mol. The van der Waals surface area contributed by atoms with E-state index >= 15 is 0 Å². The van der Waals surface area contributed by atoms with Crippen molar-refractivity contribution < 1.29 is 24.2 Å². The van der Waals surface area contributed by atoms with E-state index in [9.17, 15) is 14.7 Å². The average Bonchev–Trinajstić information content (AvgIpc) is 3.07. The highest BCUT2D eigenvalue weighted by Gasteiger charge is 2.42. The third-order valence-electron chi connectivity index (χ3n) is 6.07. The fourth-order valence-electron chi connectivity index (χ4n) is 3.88.